The molecule has 0 radical (unpaired) electrons. The third-order valence-corrected chi connectivity index (χ3v) is 7.64. The normalized spacial score (nSPS) is 28.2. The van der Waals surface area contributed by atoms with E-state index in [1.165, 1.54) is 0 Å². The van der Waals surface area contributed by atoms with Crippen LogP contribution in [0.2, 0.25) is 0 Å². The number of pyridine rings is 1. The molecular formula is C27H28N3O+. The van der Waals surface area contributed by atoms with Gasteiger partial charge in [0.1, 0.15) is 12.1 Å². The highest BCUT2D eigenvalue weighted by Crippen LogP contribution is 2.48. The number of aromatic nitrogens is 1. The quantitative estimate of drug-likeness (QED) is 0.346. The van der Waals surface area contributed by atoms with Gasteiger partial charge in [0.15, 0.2) is 5.69 Å². The van der Waals surface area contributed by atoms with E-state index in [2.05, 4.69) is 34.6 Å². The number of para-hydroxylation sites is 2. The van der Waals surface area contributed by atoms with Crippen LogP contribution in [-0.4, -0.2) is 33.7 Å². The Morgan fingerprint density at radius 2 is 2.00 bits per heavy atom. The van der Waals surface area contributed by atoms with Crippen LogP contribution < -0.4 is 0 Å². The SMILES string of the molecule is [C-]#[N+]c1ccccc1C[N+]12CC[C@@H](C[C@H]1[C@H](O)c1ccnc3ccccc13)[C@@H](C=C)C2. The second-order valence-electron chi connectivity index (χ2n) is 9.14. The molecule has 3 aromatic rings. The summed E-state index contributed by atoms with van der Waals surface area (Å²) in [4.78, 5) is 8.26. The van der Waals surface area contributed by atoms with Crippen LogP contribution in [0.15, 0.2) is 73.4 Å². The van der Waals surface area contributed by atoms with Crippen LogP contribution in [-0.2, 0) is 6.54 Å². The van der Waals surface area contributed by atoms with E-state index in [1.54, 1.807) is 0 Å². The average molecular weight is 411 g/mol. The molecule has 4 heteroatoms. The summed E-state index contributed by atoms with van der Waals surface area (Å²) in [7, 11) is 0. The molecule has 3 saturated heterocycles. The highest BCUT2D eigenvalue weighted by atomic mass is 16.3. The first-order valence-electron chi connectivity index (χ1n) is 11.1. The predicted octanol–water partition coefficient (Wildman–Crippen LogP) is 5.43. The van der Waals surface area contributed by atoms with Gasteiger partial charge in [0.05, 0.1) is 31.7 Å². The van der Waals surface area contributed by atoms with Gasteiger partial charge < -0.3 is 9.59 Å². The lowest BCUT2D eigenvalue weighted by atomic mass is 9.71. The molecule has 3 aliphatic rings. The van der Waals surface area contributed by atoms with Crippen LogP contribution in [0.4, 0.5) is 5.69 Å². The van der Waals surface area contributed by atoms with E-state index in [9.17, 15) is 5.11 Å². The molecule has 4 heterocycles. The standard InChI is InChI=1S/C27H28N3O/c1-3-19-17-30(18-21-8-4-6-10-24(21)28-2)15-13-20(19)16-26(30)27(31)23-12-14-29-25-11-7-5-9-22(23)25/h3-12,14,19-20,26-27,31H,1,13,15-18H2/q+1/t19-,20-,26-,27+,30?/m0/s1. The van der Waals surface area contributed by atoms with Crippen LogP contribution >= 0.6 is 0 Å². The molecule has 1 N–H and O–H groups in total. The lowest BCUT2D eigenvalue weighted by molar-refractivity contribution is -0.984. The monoisotopic (exact) mass is 410 g/mol. The fraction of sp³-hybridized carbons (Fsp3) is 0.333. The molecule has 156 valence electrons. The second kappa shape index (κ2) is 7.92. The first kappa shape index (κ1) is 19.9. The van der Waals surface area contributed by atoms with Gasteiger partial charge in [-0.1, -0.05) is 48.5 Å². The fourth-order valence-electron chi connectivity index (χ4n) is 6.06. The maximum atomic E-state index is 11.8. The summed E-state index contributed by atoms with van der Waals surface area (Å²) in [5.74, 6) is 1.04. The third kappa shape index (κ3) is 3.35. The summed E-state index contributed by atoms with van der Waals surface area (Å²) in [5.41, 5.74) is 3.69. The van der Waals surface area contributed by atoms with Crippen molar-refractivity contribution in [1.29, 1.82) is 0 Å². The Morgan fingerprint density at radius 3 is 2.84 bits per heavy atom. The van der Waals surface area contributed by atoms with E-state index < -0.39 is 6.10 Å². The van der Waals surface area contributed by atoms with Crippen molar-refractivity contribution in [3.63, 3.8) is 0 Å². The third-order valence-electron chi connectivity index (χ3n) is 7.64. The Kier molecular flexibility index (Phi) is 5.09. The number of aliphatic hydroxyl groups excluding tert-OH is 1. The van der Waals surface area contributed by atoms with Crippen molar-refractivity contribution in [3.8, 4) is 0 Å². The molecule has 2 bridgehead atoms. The Hall–Kier alpha value is -3.00. The van der Waals surface area contributed by atoms with Gasteiger partial charge in [-0.15, -0.1) is 6.58 Å². The first-order chi connectivity index (χ1) is 15.1. The van der Waals surface area contributed by atoms with Crippen LogP contribution in [0.5, 0.6) is 0 Å². The van der Waals surface area contributed by atoms with Gasteiger partial charge in [0.2, 0.25) is 0 Å². The van der Waals surface area contributed by atoms with Gasteiger partial charge in [0.25, 0.3) is 0 Å². The van der Waals surface area contributed by atoms with Crippen LogP contribution in [0.25, 0.3) is 15.7 Å². The van der Waals surface area contributed by atoms with Crippen LogP contribution in [0, 0.1) is 18.4 Å². The maximum Gasteiger partial charge on any atom is 0.195 e. The smallest absolute Gasteiger partial charge is 0.195 e. The molecule has 3 fully saturated rings. The minimum Gasteiger partial charge on any atom is -0.382 e. The van der Waals surface area contributed by atoms with Gasteiger partial charge in [-0.2, -0.15) is 0 Å². The maximum absolute atomic E-state index is 11.8. The minimum absolute atomic E-state index is 0.0968. The fourth-order valence-corrected chi connectivity index (χ4v) is 6.06. The highest BCUT2D eigenvalue weighted by Gasteiger charge is 2.54. The van der Waals surface area contributed by atoms with E-state index in [4.69, 9.17) is 6.57 Å². The molecule has 0 spiro atoms. The summed E-state index contributed by atoms with van der Waals surface area (Å²) < 4.78 is 0.817. The number of nitrogens with zero attached hydrogens (tertiary/aromatic N) is 3. The number of aliphatic hydroxyl groups is 1. The summed E-state index contributed by atoms with van der Waals surface area (Å²) in [6.45, 7) is 14.5. The topological polar surface area (TPSA) is 37.5 Å². The van der Waals surface area contributed by atoms with Crippen molar-refractivity contribution in [1.82, 2.24) is 4.98 Å². The van der Waals surface area contributed by atoms with Crippen molar-refractivity contribution < 1.29 is 9.59 Å². The Labute approximate surface area is 183 Å². The number of piperidine rings is 3. The van der Waals surface area contributed by atoms with Crippen molar-refractivity contribution in [2.45, 2.75) is 31.5 Å². The van der Waals surface area contributed by atoms with Crippen molar-refractivity contribution >= 4 is 16.6 Å². The highest BCUT2D eigenvalue weighted by molar-refractivity contribution is 5.82. The average Bonchev–Trinajstić information content (AvgIpc) is 2.83. The predicted molar refractivity (Wildman–Crippen MR) is 123 cm³/mol. The zero-order valence-corrected chi connectivity index (χ0v) is 17.7. The zero-order chi connectivity index (χ0) is 21.4. The van der Waals surface area contributed by atoms with Crippen LogP contribution in [0.1, 0.15) is 30.1 Å². The Morgan fingerprint density at radius 1 is 1.19 bits per heavy atom. The minimum atomic E-state index is -0.568. The molecule has 0 saturated carbocycles. The number of hydrogen-bond donors (Lipinski definition) is 1. The number of hydrogen-bond acceptors (Lipinski definition) is 2. The van der Waals surface area contributed by atoms with Gasteiger partial charge in [0, 0.05) is 35.9 Å². The molecule has 1 unspecified atom stereocenters. The molecule has 1 aromatic heterocycles. The van der Waals surface area contributed by atoms with E-state index in [0.29, 0.717) is 11.8 Å². The Balaban J connectivity index is 1.58. The number of benzene rings is 2. The van der Waals surface area contributed by atoms with Gasteiger partial charge in [-0.25, -0.2) is 4.85 Å². The molecular weight excluding hydrogens is 382 g/mol. The summed E-state index contributed by atoms with van der Waals surface area (Å²) in [6.07, 6.45) is 5.48. The second-order valence-corrected chi connectivity index (χ2v) is 9.14. The number of quaternary nitrogens is 1. The van der Waals surface area contributed by atoms with E-state index >= 15 is 0 Å². The van der Waals surface area contributed by atoms with Gasteiger partial charge in [-0.05, 0) is 23.6 Å². The van der Waals surface area contributed by atoms with Gasteiger partial charge in [-0.3, -0.25) is 4.98 Å². The molecule has 2 aromatic carbocycles. The summed E-state index contributed by atoms with van der Waals surface area (Å²) in [5, 5.41) is 12.8. The largest absolute Gasteiger partial charge is 0.382 e. The zero-order valence-electron chi connectivity index (χ0n) is 17.7. The van der Waals surface area contributed by atoms with Crippen molar-refractivity contribution in [2.75, 3.05) is 13.1 Å². The van der Waals surface area contributed by atoms with Crippen LogP contribution in [0.3, 0.4) is 0 Å². The lowest BCUT2D eigenvalue weighted by Crippen LogP contribution is -2.67. The molecule has 31 heavy (non-hydrogen) atoms. The Bertz CT molecular complexity index is 1160. The van der Waals surface area contributed by atoms with Crippen molar-refractivity contribution in [2.24, 2.45) is 11.8 Å². The molecule has 4 nitrogen and oxygen atoms in total. The van der Waals surface area contributed by atoms with E-state index in [-0.39, 0.29) is 6.04 Å². The molecule has 0 aliphatic carbocycles. The number of rotatable bonds is 5. The molecule has 3 aliphatic heterocycles. The summed E-state index contributed by atoms with van der Waals surface area (Å²) >= 11 is 0. The van der Waals surface area contributed by atoms with E-state index in [0.717, 1.165) is 64.7 Å². The molecule has 5 atom stereocenters. The molecule has 0 amide bonds. The summed E-state index contributed by atoms with van der Waals surface area (Å²) in [6, 6.07) is 18.1. The number of fused-ring (bicyclic) bond motifs is 4. The first-order valence-corrected chi connectivity index (χ1v) is 11.1. The lowest BCUT2D eigenvalue weighted by Gasteiger charge is -2.58. The van der Waals surface area contributed by atoms with Crippen molar-refractivity contribution in [3.05, 3.63) is 96.0 Å². The molecule has 6 rings (SSSR count). The van der Waals surface area contributed by atoms with Gasteiger partial charge >= 0.3 is 0 Å². The van der Waals surface area contributed by atoms with E-state index in [1.807, 2.05) is 48.7 Å².